The highest BCUT2D eigenvalue weighted by atomic mass is 16.5. The molecule has 1 rings (SSSR count). The Morgan fingerprint density at radius 3 is 3.06 bits per heavy atom. The van der Waals surface area contributed by atoms with Gasteiger partial charge in [-0.05, 0) is 6.92 Å². The second kappa shape index (κ2) is 7.70. The lowest BCUT2D eigenvalue weighted by molar-refractivity contribution is 0.152. The minimum atomic E-state index is 0.588. The molecule has 0 aliphatic carbocycles. The first-order valence-electron chi connectivity index (χ1n) is 5.28. The number of rotatable bonds is 6. The number of hydrogen-bond donors (Lipinski definition) is 2. The third kappa shape index (κ3) is 4.79. The van der Waals surface area contributed by atoms with Crippen molar-refractivity contribution in [2.75, 3.05) is 26.8 Å². The molecule has 0 radical (unpaired) electrons. The lowest BCUT2D eigenvalue weighted by Crippen LogP contribution is -2.38. The van der Waals surface area contributed by atoms with E-state index in [0.29, 0.717) is 13.2 Å². The van der Waals surface area contributed by atoms with E-state index in [2.05, 4.69) is 20.8 Å². The molecule has 6 nitrogen and oxygen atoms in total. The number of ether oxygens (including phenoxy) is 1. The van der Waals surface area contributed by atoms with Crippen molar-refractivity contribution in [3.05, 3.63) is 18.0 Å². The summed E-state index contributed by atoms with van der Waals surface area (Å²) in [6.07, 6.45) is 1.54. The molecule has 0 amide bonds. The highest BCUT2D eigenvalue weighted by Crippen LogP contribution is 1.92. The largest absolute Gasteiger partial charge is 0.380 e. The average molecular weight is 226 g/mol. The summed E-state index contributed by atoms with van der Waals surface area (Å²) in [6, 6.07) is 1.81. The summed E-state index contributed by atoms with van der Waals surface area (Å²) in [7, 11) is 1.72. The first-order chi connectivity index (χ1) is 7.86. The summed E-state index contributed by atoms with van der Waals surface area (Å²) in [5.74, 6) is 0.725. The number of guanidine groups is 1. The van der Waals surface area contributed by atoms with Crippen molar-refractivity contribution in [1.29, 1.82) is 0 Å². The fourth-order valence-corrected chi connectivity index (χ4v) is 1.11. The van der Waals surface area contributed by atoms with Gasteiger partial charge in [0, 0.05) is 26.3 Å². The van der Waals surface area contributed by atoms with Crippen LogP contribution < -0.4 is 10.6 Å². The minimum absolute atomic E-state index is 0.588. The molecule has 90 valence electrons. The van der Waals surface area contributed by atoms with E-state index in [1.54, 1.807) is 19.4 Å². The Kier molecular flexibility index (Phi) is 6.02. The van der Waals surface area contributed by atoms with Crippen LogP contribution in [0.25, 0.3) is 0 Å². The Morgan fingerprint density at radius 1 is 1.56 bits per heavy atom. The monoisotopic (exact) mass is 226 g/mol. The number of nitrogens with zero attached hydrogens (tertiary/aromatic N) is 2. The highest BCUT2D eigenvalue weighted by molar-refractivity contribution is 5.79. The van der Waals surface area contributed by atoms with Gasteiger partial charge in [-0.3, -0.25) is 4.99 Å². The summed E-state index contributed by atoms with van der Waals surface area (Å²) in [5, 5.41) is 10.0. The van der Waals surface area contributed by atoms with Crippen LogP contribution in [0.4, 0.5) is 0 Å². The predicted molar refractivity (Wildman–Crippen MR) is 61.2 cm³/mol. The third-order valence-electron chi connectivity index (χ3n) is 1.89. The van der Waals surface area contributed by atoms with Gasteiger partial charge in [0.15, 0.2) is 5.96 Å². The lowest BCUT2D eigenvalue weighted by Gasteiger charge is -2.10. The van der Waals surface area contributed by atoms with Gasteiger partial charge in [0.1, 0.15) is 12.0 Å². The Balaban J connectivity index is 2.17. The van der Waals surface area contributed by atoms with Crippen LogP contribution in [0.2, 0.25) is 0 Å². The number of aromatic nitrogens is 1. The van der Waals surface area contributed by atoms with Crippen molar-refractivity contribution in [1.82, 2.24) is 15.8 Å². The maximum absolute atomic E-state index is 5.21. The molecule has 0 unspecified atom stereocenters. The van der Waals surface area contributed by atoms with E-state index in [4.69, 9.17) is 9.26 Å². The van der Waals surface area contributed by atoms with Crippen LogP contribution in [0.3, 0.4) is 0 Å². The summed E-state index contributed by atoms with van der Waals surface area (Å²) in [6.45, 7) is 4.68. The second-order valence-electron chi connectivity index (χ2n) is 3.04. The van der Waals surface area contributed by atoms with Crippen molar-refractivity contribution >= 4 is 5.96 Å². The first kappa shape index (κ1) is 12.5. The topological polar surface area (TPSA) is 71.7 Å². The number of nitrogens with one attached hydrogen (secondary N) is 2. The highest BCUT2D eigenvalue weighted by Gasteiger charge is 1.99. The Labute approximate surface area is 95.1 Å². The molecule has 0 aliphatic rings. The van der Waals surface area contributed by atoms with Gasteiger partial charge in [0.25, 0.3) is 0 Å². The van der Waals surface area contributed by atoms with Crippen molar-refractivity contribution in [2.24, 2.45) is 4.99 Å². The van der Waals surface area contributed by atoms with Crippen LogP contribution >= 0.6 is 0 Å². The van der Waals surface area contributed by atoms with Gasteiger partial charge < -0.3 is 19.9 Å². The quantitative estimate of drug-likeness (QED) is 0.417. The van der Waals surface area contributed by atoms with Crippen molar-refractivity contribution in [2.45, 2.75) is 13.5 Å². The second-order valence-corrected chi connectivity index (χ2v) is 3.04. The molecule has 2 N–H and O–H groups in total. The smallest absolute Gasteiger partial charge is 0.191 e. The molecule has 0 aromatic carbocycles. The van der Waals surface area contributed by atoms with Crippen LogP contribution in [-0.4, -0.2) is 37.9 Å². The Morgan fingerprint density at radius 2 is 2.44 bits per heavy atom. The molecule has 1 heterocycles. The molecular weight excluding hydrogens is 208 g/mol. The summed E-state index contributed by atoms with van der Waals surface area (Å²) >= 11 is 0. The minimum Gasteiger partial charge on any atom is -0.380 e. The third-order valence-corrected chi connectivity index (χ3v) is 1.89. The SMILES string of the molecule is CCOCCNC(=NC)NCc1ccon1. The van der Waals surface area contributed by atoms with E-state index >= 15 is 0 Å². The van der Waals surface area contributed by atoms with Gasteiger partial charge in [-0.25, -0.2) is 0 Å². The molecule has 0 saturated carbocycles. The molecule has 0 atom stereocenters. The lowest BCUT2D eigenvalue weighted by atomic mass is 10.4. The summed E-state index contributed by atoms with van der Waals surface area (Å²) in [4.78, 5) is 4.07. The fraction of sp³-hybridized carbons (Fsp3) is 0.600. The van der Waals surface area contributed by atoms with Crippen LogP contribution in [0.5, 0.6) is 0 Å². The molecule has 1 aromatic rings. The normalized spacial score (nSPS) is 11.5. The van der Waals surface area contributed by atoms with Crippen LogP contribution in [-0.2, 0) is 11.3 Å². The van der Waals surface area contributed by atoms with Crippen molar-refractivity contribution in [3.8, 4) is 0 Å². The molecule has 0 bridgehead atoms. The zero-order chi connectivity index (χ0) is 11.6. The van der Waals surface area contributed by atoms with Gasteiger partial charge in [-0.1, -0.05) is 5.16 Å². The molecule has 1 aromatic heterocycles. The number of aliphatic imine (C=N–C) groups is 1. The molecular formula is C10H18N4O2. The average Bonchev–Trinajstić information content (AvgIpc) is 2.81. The Hall–Kier alpha value is -1.56. The van der Waals surface area contributed by atoms with Crippen molar-refractivity contribution in [3.63, 3.8) is 0 Å². The molecule has 16 heavy (non-hydrogen) atoms. The van der Waals surface area contributed by atoms with E-state index in [0.717, 1.165) is 24.8 Å². The van der Waals surface area contributed by atoms with Crippen LogP contribution in [0, 0.1) is 0 Å². The molecule has 0 fully saturated rings. The fourth-order valence-electron chi connectivity index (χ4n) is 1.11. The standard InChI is InChI=1S/C10H18N4O2/c1-3-15-7-5-12-10(11-2)13-8-9-4-6-16-14-9/h4,6H,3,5,7-8H2,1-2H3,(H2,11,12,13). The van der Waals surface area contributed by atoms with Gasteiger partial charge in [0.2, 0.25) is 0 Å². The van der Waals surface area contributed by atoms with Gasteiger partial charge in [-0.15, -0.1) is 0 Å². The van der Waals surface area contributed by atoms with Crippen LogP contribution in [0.1, 0.15) is 12.6 Å². The first-order valence-corrected chi connectivity index (χ1v) is 5.28. The van der Waals surface area contributed by atoms with Gasteiger partial charge in [-0.2, -0.15) is 0 Å². The maximum Gasteiger partial charge on any atom is 0.191 e. The summed E-state index contributed by atoms with van der Waals surface area (Å²) < 4.78 is 9.93. The predicted octanol–water partition coefficient (Wildman–Crippen LogP) is 0.376. The zero-order valence-corrected chi connectivity index (χ0v) is 9.69. The summed E-state index contributed by atoms with van der Waals surface area (Å²) in [5.41, 5.74) is 0.841. The molecule has 6 heteroatoms. The van der Waals surface area contributed by atoms with E-state index in [9.17, 15) is 0 Å². The maximum atomic E-state index is 5.21. The van der Waals surface area contributed by atoms with E-state index < -0.39 is 0 Å². The Bertz CT molecular complexity index is 298. The molecule has 0 saturated heterocycles. The van der Waals surface area contributed by atoms with Crippen molar-refractivity contribution < 1.29 is 9.26 Å². The van der Waals surface area contributed by atoms with Crippen LogP contribution in [0.15, 0.2) is 21.8 Å². The zero-order valence-electron chi connectivity index (χ0n) is 9.69. The van der Waals surface area contributed by atoms with Gasteiger partial charge in [0.05, 0.1) is 13.2 Å². The van der Waals surface area contributed by atoms with E-state index in [-0.39, 0.29) is 0 Å². The van der Waals surface area contributed by atoms with Gasteiger partial charge >= 0.3 is 0 Å². The van der Waals surface area contributed by atoms with E-state index in [1.807, 2.05) is 6.92 Å². The molecule has 0 aliphatic heterocycles. The van der Waals surface area contributed by atoms with E-state index in [1.165, 1.54) is 0 Å². The molecule has 0 spiro atoms. The number of hydrogen-bond acceptors (Lipinski definition) is 4.